The number of aliphatic hydroxyl groups is 2. The lowest BCUT2D eigenvalue weighted by atomic mass is 9.61. The number of quaternary nitrogens is 1. The highest BCUT2D eigenvalue weighted by atomic mass is 16.3. The minimum atomic E-state index is -0.273. The first-order valence-electron chi connectivity index (χ1n) is 10.0. The fourth-order valence-corrected chi connectivity index (χ4v) is 8.58. The summed E-state index contributed by atoms with van der Waals surface area (Å²) < 4.78 is 0.779. The topological polar surface area (TPSA) is 43.7 Å². The minimum Gasteiger partial charge on any atom is -0.392 e. The second-order valence-electron chi connectivity index (χ2n) is 9.58. The average molecular weight is 341 g/mol. The van der Waals surface area contributed by atoms with Crippen LogP contribution >= 0.6 is 0 Å². The van der Waals surface area contributed by atoms with Gasteiger partial charge in [0.05, 0.1) is 30.7 Å². The number of aliphatic hydroxyl groups excluding tert-OH is 2. The molecule has 6 unspecified atom stereocenters. The van der Waals surface area contributed by atoms with Crippen molar-refractivity contribution >= 4 is 5.69 Å². The number of rotatable bonds is 1. The molecule has 134 valence electrons. The number of fused-ring (bicyclic) bond motifs is 2. The van der Waals surface area contributed by atoms with E-state index in [1.807, 2.05) is 0 Å². The minimum absolute atomic E-state index is 0.125. The number of hydrogen-bond donors (Lipinski definition) is 2. The fourth-order valence-electron chi connectivity index (χ4n) is 8.58. The number of hydrogen-bond acceptors (Lipinski definition) is 3. The van der Waals surface area contributed by atoms with Gasteiger partial charge >= 0.3 is 0 Å². The predicted molar refractivity (Wildman–Crippen MR) is 96.1 cm³/mol. The van der Waals surface area contributed by atoms with Gasteiger partial charge in [-0.3, -0.25) is 4.48 Å². The Morgan fingerprint density at radius 1 is 1.24 bits per heavy atom. The molecule has 4 heteroatoms. The molecule has 4 saturated heterocycles. The molecule has 1 aromatic rings. The summed E-state index contributed by atoms with van der Waals surface area (Å²) in [5.41, 5.74) is 2.54. The molecule has 5 fully saturated rings. The van der Waals surface area contributed by atoms with Crippen LogP contribution in [0.3, 0.4) is 0 Å². The van der Waals surface area contributed by atoms with Gasteiger partial charge in [0.15, 0.2) is 6.23 Å². The van der Waals surface area contributed by atoms with Crippen LogP contribution < -0.4 is 4.90 Å². The third-order valence-electron chi connectivity index (χ3n) is 9.39. The van der Waals surface area contributed by atoms with E-state index in [2.05, 4.69) is 50.2 Å². The molecule has 5 bridgehead atoms. The van der Waals surface area contributed by atoms with E-state index in [0.29, 0.717) is 35.9 Å². The first kappa shape index (κ1) is 15.0. The predicted octanol–water partition coefficient (Wildman–Crippen LogP) is 1.70. The lowest BCUT2D eigenvalue weighted by Gasteiger charge is -2.66. The highest BCUT2D eigenvalue weighted by Gasteiger charge is 2.82. The highest BCUT2D eigenvalue weighted by molar-refractivity contribution is 5.66. The van der Waals surface area contributed by atoms with Crippen molar-refractivity contribution in [2.75, 3.05) is 19.0 Å². The zero-order chi connectivity index (χ0) is 17.3. The molecule has 1 spiro atoms. The second-order valence-corrected chi connectivity index (χ2v) is 9.58. The largest absolute Gasteiger partial charge is 0.392 e. The maximum absolute atomic E-state index is 11.7. The molecule has 1 aromatic carbocycles. The number of benzene rings is 1. The van der Waals surface area contributed by atoms with Crippen LogP contribution in [0, 0.1) is 17.8 Å². The third-order valence-corrected chi connectivity index (χ3v) is 9.39. The summed E-state index contributed by atoms with van der Waals surface area (Å²) in [4.78, 5) is 2.44. The third kappa shape index (κ3) is 1.27. The summed E-state index contributed by atoms with van der Waals surface area (Å²) >= 11 is 0. The smallest absolute Gasteiger partial charge is 0.193 e. The normalized spacial score (nSPS) is 57.1. The Labute approximate surface area is 149 Å². The first-order chi connectivity index (χ1) is 12.0. The van der Waals surface area contributed by atoms with Crippen LogP contribution in [0.5, 0.6) is 0 Å². The molecule has 10 atom stereocenters. The molecule has 6 aliphatic rings. The molecule has 5 aliphatic heterocycles. The number of likely N-dealkylation sites (N-methyl/N-ethyl adjacent to an activating group) is 2. The van der Waals surface area contributed by atoms with Gasteiger partial charge in [0.1, 0.15) is 6.04 Å². The summed E-state index contributed by atoms with van der Waals surface area (Å²) in [6.07, 6.45) is 2.67. The van der Waals surface area contributed by atoms with Crippen LogP contribution in [0.25, 0.3) is 0 Å². The Kier molecular flexibility index (Phi) is 2.54. The van der Waals surface area contributed by atoms with Gasteiger partial charge in [0.25, 0.3) is 0 Å². The van der Waals surface area contributed by atoms with Gasteiger partial charge in [0.2, 0.25) is 0 Å². The van der Waals surface area contributed by atoms with Crippen LogP contribution in [-0.2, 0) is 5.41 Å². The van der Waals surface area contributed by atoms with Gasteiger partial charge in [-0.2, -0.15) is 0 Å². The molecule has 1 saturated carbocycles. The molecule has 1 aliphatic carbocycles. The van der Waals surface area contributed by atoms with Crippen LogP contribution in [-0.4, -0.2) is 59.2 Å². The van der Waals surface area contributed by atoms with Gasteiger partial charge < -0.3 is 15.1 Å². The number of piperidine rings is 4. The molecule has 0 aromatic heterocycles. The van der Waals surface area contributed by atoms with Crippen molar-refractivity contribution in [2.45, 2.75) is 62.1 Å². The average Bonchev–Trinajstić information content (AvgIpc) is 2.99. The van der Waals surface area contributed by atoms with E-state index in [0.717, 1.165) is 23.7 Å². The zero-order valence-electron chi connectivity index (χ0n) is 15.3. The Balaban J connectivity index is 1.63. The molecule has 0 radical (unpaired) electrons. The van der Waals surface area contributed by atoms with Crippen molar-refractivity contribution in [1.82, 2.24) is 0 Å². The first-order valence-corrected chi connectivity index (χ1v) is 10.0. The molecule has 0 amide bonds. The molecule has 5 heterocycles. The van der Waals surface area contributed by atoms with Gasteiger partial charge in [-0.1, -0.05) is 25.1 Å². The molecule has 7 rings (SSSR count). The summed E-state index contributed by atoms with van der Waals surface area (Å²) in [5.74, 6) is 1.17. The zero-order valence-corrected chi connectivity index (χ0v) is 15.3. The Hall–Kier alpha value is -1.10. The molecule has 4 nitrogen and oxygen atoms in total. The van der Waals surface area contributed by atoms with Crippen molar-refractivity contribution in [1.29, 1.82) is 0 Å². The van der Waals surface area contributed by atoms with Gasteiger partial charge in [-0.15, -0.1) is 0 Å². The molecular weight excluding hydrogens is 312 g/mol. The second kappa shape index (κ2) is 4.24. The van der Waals surface area contributed by atoms with Crippen LogP contribution in [0.4, 0.5) is 5.69 Å². The maximum Gasteiger partial charge on any atom is 0.193 e. The molecule has 25 heavy (non-hydrogen) atoms. The van der Waals surface area contributed by atoms with Crippen LogP contribution in [0.1, 0.15) is 31.7 Å². The maximum atomic E-state index is 11.7. The Morgan fingerprint density at radius 3 is 2.76 bits per heavy atom. The standard InChI is InChI=1S/C21H29N2O2/c1-4-11-12-9-15-18-21(13-7-5-6-8-14(13)22(18)2)10-16(17(12)19(21)24)23(15,3)20(11)25/h5-8,11-12,15-20,24-25H,4,9-10H2,1-3H3/q+1/t11?,12-,15?,16-,17?,18?,19+,20-,21?,23?/m1/s1. The van der Waals surface area contributed by atoms with Gasteiger partial charge in [-0.25, -0.2) is 0 Å². The van der Waals surface area contributed by atoms with E-state index in [1.54, 1.807) is 0 Å². The van der Waals surface area contributed by atoms with E-state index in [1.165, 1.54) is 11.3 Å². The number of nitrogens with zero attached hydrogens (tertiary/aromatic N) is 2. The number of anilines is 1. The van der Waals surface area contributed by atoms with Crippen molar-refractivity contribution < 1.29 is 14.7 Å². The van der Waals surface area contributed by atoms with Crippen LogP contribution in [0.2, 0.25) is 0 Å². The van der Waals surface area contributed by atoms with E-state index >= 15 is 0 Å². The van der Waals surface area contributed by atoms with Crippen molar-refractivity contribution in [2.24, 2.45) is 17.8 Å². The Morgan fingerprint density at radius 2 is 2.00 bits per heavy atom. The summed E-state index contributed by atoms with van der Waals surface area (Å²) in [7, 11) is 4.51. The monoisotopic (exact) mass is 341 g/mol. The van der Waals surface area contributed by atoms with Crippen molar-refractivity contribution in [3.63, 3.8) is 0 Å². The summed E-state index contributed by atoms with van der Waals surface area (Å²) in [6, 6.07) is 9.87. The van der Waals surface area contributed by atoms with E-state index < -0.39 is 0 Å². The summed E-state index contributed by atoms with van der Waals surface area (Å²) in [6.45, 7) is 2.21. The lowest BCUT2D eigenvalue weighted by Crippen LogP contribution is -2.81. The van der Waals surface area contributed by atoms with Gasteiger partial charge in [-0.05, 0) is 24.0 Å². The quantitative estimate of drug-likeness (QED) is 0.764. The number of para-hydroxylation sites is 1. The van der Waals surface area contributed by atoms with E-state index in [4.69, 9.17) is 0 Å². The summed E-state index contributed by atoms with van der Waals surface area (Å²) in [5, 5.41) is 23.1. The SMILES string of the molecule is CCC1[C@H]2CC3C4N(C)c5ccccc5C45C[C@H](C2[C@@H]5O)[N+]3(C)[C@@H]1O. The van der Waals surface area contributed by atoms with Crippen molar-refractivity contribution in [3.05, 3.63) is 29.8 Å². The molecule has 2 N–H and O–H groups in total. The lowest BCUT2D eigenvalue weighted by molar-refractivity contribution is -1.02. The molecular formula is C21H29N2O2+. The Bertz CT molecular complexity index is 768. The van der Waals surface area contributed by atoms with Gasteiger partial charge in [0, 0.05) is 37.4 Å². The fraction of sp³-hybridized carbons (Fsp3) is 0.714. The highest BCUT2D eigenvalue weighted by Crippen LogP contribution is 2.70. The van der Waals surface area contributed by atoms with Crippen LogP contribution in [0.15, 0.2) is 24.3 Å². The van der Waals surface area contributed by atoms with E-state index in [-0.39, 0.29) is 17.7 Å². The van der Waals surface area contributed by atoms with E-state index in [9.17, 15) is 10.2 Å². The van der Waals surface area contributed by atoms with Crippen molar-refractivity contribution in [3.8, 4) is 0 Å².